The van der Waals surface area contributed by atoms with Crippen LogP contribution in [0.4, 0.5) is 5.69 Å². The van der Waals surface area contributed by atoms with E-state index in [0.717, 1.165) is 25.1 Å². The minimum absolute atomic E-state index is 0.653. The number of benzene rings is 1. The summed E-state index contributed by atoms with van der Waals surface area (Å²) in [5.74, 6) is 2.63. The molecule has 0 spiro atoms. The number of nitrogens with one attached hydrogen (secondary N) is 1. The van der Waals surface area contributed by atoms with E-state index in [9.17, 15) is 0 Å². The zero-order chi connectivity index (χ0) is 10.9. The van der Waals surface area contributed by atoms with Gasteiger partial charge in [0.15, 0.2) is 0 Å². The van der Waals surface area contributed by atoms with Crippen LogP contribution in [0.15, 0.2) is 24.3 Å². The zero-order valence-corrected chi connectivity index (χ0v) is 9.12. The minimum atomic E-state index is 0.653. The first-order valence-electron chi connectivity index (χ1n) is 5.12. The first-order chi connectivity index (χ1) is 7.36. The van der Waals surface area contributed by atoms with Gasteiger partial charge in [-0.25, -0.2) is 0 Å². The maximum Gasteiger partial charge on any atom is 0.0713 e. The van der Waals surface area contributed by atoms with E-state index >= 15 is 0 Å². The molecular weight excluding hydrogens is 186 g/mol. The van der Waals surface area contributed by atoms with E-state index in [1.54, 1.807) is 7.11 Å². The second kappa shape index (κ2) is 6.92. The molecule has 0 amide bonds. The number of unbranched alkanes of at least 4 members (excludes halogenated alkanes) is 1. The summed E-state index contributed by atoms with van der Waals surface area (Å²) in [5, 5.41) is 3.33. The molecule has 0 saturated heterocycles. The molecule has 1 N–H and O–H groups in total. The van der Waals surface area contributed by atoms with Gasteiger partial charge in [-0.2, -0.15) is 0 Å². The predicted molar refractivity (Wildman–Crippen MR) is 63.7 cm³/mol. The summed E-state index contributed by atoms with van der Waals surface area (Å²) < 4.78 is 5.07. The Morgan fingerprint density at radius 2 is 2.33 bits per heavy atom. The van der Waals surface area contributed by atoms with Gasteiger partial charge >= 0.3 is 0 Å². The van der Waals surface area contributed by atoms with Gasteiger partial charge in [0.2, 0.25) is 0 Å². The highest BCUT2D eigenvalue weighted by atomic mass is 16.5. The van der Waals surface area contributed by atoms with Gasteiger partial charge < -0.3 is 10.1 Å². The van der Waals surface area contributed by atoms with Crippen LogP contribution >= 0.6 is 0 Å². The van der Waals surface area contributed by atoms with Gasteiger partial charge in [-0.1, -0.05) is 12.1 Å². The average Bonchev–Trinajstić information content (AvgIpc) is 2.26. The van der Waals surface area contributed by atoms with E-state index in [1.165, 1.54) is 5.56 Å². The Kier molecular flexibility index (Phi) is 5.35. The quantitative estimate of drug-likeness (QED) is 0.567. The molecule has 0 aliphatic carbocycles. The highest BCUT2D eigenvalue weighted by molar-refractivity contribution is 5.45. The van der Waals surface area contributed by atoms with Crippen molar-refractivity contribution in [2.24, 2.45) is 0 Å². The summed E-state index contributed by atoms with van der Waals surface area (Å²) in [6.07, 6.45) is 7.01. The molecule has 0 heterocycles. The third-order valence-electron chi connectivity index (χ3n) is 2.07. The van der Waals surface area contributed by atoms with Crippen LogP contribution in [0.25, 0.3) is 0 Å². The normalized spacial score (nSPS) is 9.60. The fraction of sp³-hybridized carbons (Fsp3) is 0.385. The molecule has 0 fully saturated rings. The van der Waals surface area contributed by atoms with Crippen molar-refractivity contribution in [2.45, 2.75) is 19.4 Å². The molecule has 0 bridgehead atoms. The molecule has 1 rings (SSSR count). The van der Waals surface area contributed by atoms with Gasteiger partial charge in [0.1, 0.15) is 0 Å². The molecular formula is C13H17NO. The van der Waals surface area contributed by atoms with Crippen molar-refractivity contribution >= 4 is 5.69 Å². The van der Waals surface area contributed by atoms with E-state index < -0.39 is 0 Å². The standard InChI is InChI=1S/C13H17NO/c1-3-4-5-9-14-13-8-6-7-12(10-13)11-15-2/h1,6-8,10,14H,4-5,9,11H2,2H3. The second-order valence-corrected chi connectivity index (χ2v) is 3.37. The van der Waals surface area contributed by atoms with Gasteiger partial charge in [0, 0.05) is 25.8 Å². The van der Waals surface area contributed by atoms with Crippen molar-refractivity contribution in [1.29, 1.82) is 0 Å². The lowest BCUT2D eigenvalue weighted by atomic mass is 10.2. The number of hydrogen-bond donors (Lipinski definition) is 1. The summed E-state index contributed by atoms with van der Waals surface area (Å²) in [6.45, 7) is 1.57. The fourth-order valence-corrected chi connectivity index (χ4v) is 1.36. The van der Waals surface area contributed by atoms with Gasteiger partial charge in [0.05, 0.1) is 6.61 Å². The van der Waals surface area contributed by atoms with Crippen molar-refractivity contribution in [2.75, 3.05) is 19.0 Å². The van der Waals surface area contributed by atoms with Crippen molar-refractivity contribution in [3.63, 3.8) is 0 Å². The highest BCUT2D eigenvalue weighted by Crippen LogP contribution is 2.11. The first-order valence-corrected chi connectivity index (χ1v) is 5.12. The molecule has 0 aliphatic rings. The lowest BCUT2D eigenvalue weighted by Gasteiger charge is -2.07. The van der Waals surface area contributed by atoms with Crippen LogP contribution in [0.1, 0.15) is 18.4 Å². The summed E-state index contributed by atoms with van der Waals surface area (Å²) in [6, 6.07) is 8.22. The lowest BCUT2D eigenvalue weighted by Crippen LogP contribution is -2.01. The van der Waals surface area contributed by atoms with Gasteiger partial charge in [-0.05, 0) is 24.1 Å². The molecule has 15 heavy (non-hydrogen) atoms. The number of ether oxygens (including phenoxy) is 1. The Bertz CT molecular complexity index is 328. The highest BCUT2D eigenvalue weighted by Gasteiger charge is 1.94. The maximum atomic E-state index is 5.18. The Morgan fingerprint density at radius 3 is 3.07 bits per heavy atom. The molecule has 0 atom stereocenters. The Labute approximate surface area is 91.6 Å². The first kappa shape index (κ1) is 11.6. The smallest absolute Gasteiger partial charge is 0.0713 e. The molecule has 80 valence electrons. The van der Waals surface area contributed by atoms with Crippen molar-refractivity contribution in [1.82, 2.24) is 0 Å². The van der Waals surface area contributed by atoms with E-state index in [2.05, 4.69) is 29.4 Å². The molecule has 0 radical (unpaired) electrons. The van der Waals surface area contributed by atoms with Crippen LogP contribution in [-0.2, 0) is 11.3 Å². The number of anilines is 1. The number of hydrogen-bond acceptors (Lipinski definition) is 2. The van der Waals surface area contributed by atoms with Crippen molar-refractivity contribution in [3.05, 3.63) is 29.8 Å². The van der Waals surface area contributed by atoms with Crippen LogP contribution in [0.5, 0.6) is 0 Å². The van der Waals surface area contributed by atoms with Gasteiger partial charge in [-0.3, -0.25) is 0 Å². The van der Waals surface area contributed by atoms with E-state index in [4.69, 9.17) is 11.2 Å². The number of rotatable bonds is 6. The van der Waals surface area contributed by atoms with Crippen molar-refractivity contribution < 1.29 is 4.74 Å². The Hall–Kier alpha value is -1.46. The SMILES string of the molecule is C#CCCCNc1cccc(COC)c1. The Balaban J connectivity index is 2.40. The van der Waals surface area contributed by atoms with Gasteiger partial charge in [0.25, 0.3) is 0 Å². The topological polar surface area (TPSA) is 21.3 Å². The fourth-order valence-electron chi connectivity index (χ4n) is 1.36. The molecule has 0 unspecified atom stereocenters. The number of methoxy groups -OCH3 is 1. The average molecular weight is 203 g/mol. The van der Waals surface area contributed by atoms with Crippen LogP contribution < -0.4 is 5.32 Å². The zero-order valence-electron chi connectivity index (χ0n) is 9.12. The third kappa shape index (κ3) is 4.53. The van der Waals surface area contributed by atoms with E-state index in [-0.39, 0.29) is 0 Å². The van der Waals surface area contributed by atoms with Gasteiger partial charge in [-0.15, -0.1) is 12.3 Å². The molecule has 0 aliphatic heterocycles. The predicted octanol–water partition coefficient (Wildman–Crippen LogP) is 2.66. The minimum Gasteiger partial charge on any atom is -0.385 e. The molecule has 2 heteroatoms. The van der Waals surface area contributed by atoms with E-state index in [1.807, 2.05) is 6.07 Å². The van der Waals surface area contributed by atoms with Crippen LogP contribution in [0, 0.1) is 12.3 Å². The summed E-state index contributed by atoms with van der Waals surface area (Å²) in [5.41, 5.74) is 2.31. The molecule has 0 aromatic heterocycles. The van der Waals surface area contributed by atoms with Crippen LogP contribution in [0.3, 0.4) is 0 Å². The van der Waals surface area contributed by atoms with E-state index in [0.29, 0.717) is 6.61 Å². The molecule has 1 aromatic rings. The third-order valence-corrected chi connectivity index (χ3v) is 2.07. The second-order valence-electron chi connectivity index (χ2n) is 3.37. The van der Waals surface area contributed by atoms with Crippen molar-refractivity contribution in [3.8, 4) is 12.3 Å². The summed E-state index contributed by atoms with van der Waals surface area (Å²) >= 11 is 0. The maximum absolute atomic E-state index is 5.18. The molecule has 1 aromatic carbocycles. The monoisotopic (exact) mass is 203 g/mol. The summed E-state index contributed by atoms with van der Waals surface area (Å²) in [4.78, 5) is 0. The number of terminal acetylenes is 1. The lowest BCUT2D eigenvalue weighted by molar-refractivity contribution is 0.185. The molecule has 0 saturated carbocycles. The van der Waals surface area contributed by atoms with Crippen LogP contribution in [-0.4, -0.2) is 13.7 Å². The largest absolute Gasteiger partial charge is 0.385 e. The Morgan fingerprint density at radius 1 is 1.47 bits per heavy atom. The summed E-state index contributed by atoms with van der Waals surface area (Å²) in [7, 11) is 1.70. The van der Waals surface area contributed by atoms with Crippen LogP contribution in [0.2, 0.25) is 0 Å². The molecule has 2 nitrogen and oxygen atoms in total.